The fraction of sp³-hybridized carbons (Fsp3) is 0.333. The lowest BCUT2D eigenvalue weighted by Crippen LogP contribution is -2.33. The molecule has 0 spiro atoms. The Hall–Kier alpha value is -2.41. The summed E-state index contributed by atoms with van der Waals surface area (Å²) in [6.07, 6.45) is 2.39. The van der Waals surface area contributed by atoms with Crippen LogP contribution in [0.15, 0.2) is 49.1 Å². The SMILES string of the molecule is C=CCNc1cc(N(C)C2CCS(=O)(=O)C2)nc(-c2ccccc2)n1. The smallest absolute Gasteiger partial charge is 0.163 e. The van der Waals surface area contributed by atoms with E-state index in [-0.39, 0.29) is 17.5 Å². The third-order valence-corrected chi connectivity index (χ3v) is 6.04. The predicted octanol–water partition coefficient (Wildman–Crippen LogP) is 2.36. The van der Waals surface area contributed by atoms with Crippen LogP contribution in [0.2, 0.25) is 0 Å². The van der Waals surface area contributed by atoms with Crippen molar-refractivity contribution < 1.29 is 8.42 Å². The van der Waals surface area contributed by atoms with Crippen molar-refractivity contribution in [2.24, 2.45) is 0 Å². The zero-order chi connectivity index (χ0) is 17.9. The Bertz CT molecular complexity index is 853. The molecule has 1 fully saturated rings. The van der Waals surface area contributed by atoms with Crippen LogP contribution in [0.1, 0.15) is 6.42 Å². The van der Waals surface area contributed by atoms with Crippen LogP contribution in [-0.2, 0) is 9.84 Å². The maximum Gasteiger partial charge on any atom is 0.163 e. The lowest BCUT2D eigenvalue weighted by atomic mass is 10.2. The molecule has 2 aromatic rings. The molecule has 1 N–H and O–H groups in total. The number of rotatable bonds is 6. The summed E-state index contributed by atoms with van der Waals surface area (Å²) in [5.74, 6) is 2.42. The van der Waals surface area contributed by atoms with E-state index >= 15 is 0 Å². The van der Waals surface area contributed by atoms with Crippen LogP contribution in [-0.4, -0.2) is 49.5 Å². The standard InChI is InChI=1S/C18H22N4O2S/c1-3-10-19-16-12-17(22(2)15-9-11-25(23,24)13-15)21-18(20-16)14-7-5-4-6-8-14/h3-8,12,15H,1,9-11,13H2,2H3,(H,19,20,21). The first-order valence-corrected chi connectivity index (χ1v) is 10.0. The molecule has 2 heterocycles. The van der Waals surface area contributed by atoms with Gasteiger partial charge in [0, 0.05) is 31.3 Å². The van der Waals surface area contributed by atoms with Crippen molar-refractivity contribution in [1.29, 1.82) is 0 Å². The Morgan fingerprint density at radius 2 is 2.08 bits per heavy atom. The molecule has 0 aliphatic carbocycles. The van der Waals surface area contributed by atoms with E-state index in [4.69, 9.17) is 0 Å². The number of sulfone groups is 1. The van der Waals surface area contributed by atoms with Gasteiger partial charge >= 0.3 is 0 Å². The van der Waals surface area contributed by atoms with E-state index in [9.17, 15) is 8.42 Å². The Balaban J connectivity index is 1.95. The number of aromatic nitrogens is 2. The molecule has 7 heteroatoms. The molecule has 3 rings (SSSR count). The Kier molecular flexibility index (Phi) is 5.03. The minimum Gasteiger partial charge on any atom is -0.366 e. The van der Waals surface area contributed by atoms with Crippen LogP contribution in [0.25, 0.3) is 11.4 Å². The van der Waals surface area contributed by atoms with Gasteiger partial charge in [-0.25, -0.2) is 18.4 Å². The Morgan fingerprint density at radius 1 is 1.32 bits per heavy atom. The van der Waals surface area contributed by atoms with Gasteiger partial charge in [-0.2, -0.15) is 0 Å². The van der Waals surface area contributed by atoms with Gasteiger partial charge in [0.25, 0.3) is 0 Å². The third kappa shape index (κ3) is 4.17. The van der Waals surface area contributed by atoms with E-state index in [1.807, 2.05) is 48.3 Å². The maximum atomic E-state index is 11.8. The van der Waals surface area contributed by atoms with Crippen molar-refractivity contribution in [3.63, 3.8) is 0 Å². The maximum absolute atomic E-state index is 11.8. The van der Waals surface area contributed by atoms with E-state index in [0.717, 1.165) is 5.56 Å². The topological polar surface area (TPSA) is 75.2 Å². The first kappa shape index (κ1) is 17.4. The molecule has 1 aromatic carbocycles. The summed E-state index contributed by atoms with van der Waals surface area (Å²) in [5, 5.41) is 3.19. The van der Waals surface area contributed by atoms with E-state index in [2.05, 4.69) is 21.9 Å². The van der Waals surface area contributed by atoms with Gasteiger partial charge in [-0.1, -0.05) is 36.4 Å². The average molecular weight is 358 g/mol. The summed E-state index contributed by atoms with van der Waals surface area (Å²) >= 11 is 0. The molecule has 1 aliphatic rings. The zero-order valence-corrected chi connectivity index (χ0v) is 15.0. The number of anilines is 2. The molecule has 132 valence electrons. The number of benzene rings is 1. The van der Waals surface area contributed by atoms with E-state index in [1.54, 1.807) is 6.08 Å². The van der Waals surface area contributed by atoms with Crippen molar-refractivity contribution >= 4 is 21.5 Å². The second-order valence-corrected chi connectivity index (χ2v) is 8.37. The third-order valence-electron chi connectivity index (χ3n) is 4.29. The van der Waals surface area contributed by atoms with Crippen molar-refractivity contribution in [2.75, 3.05) is 35.3 Å². The minimum atomic E-state index is -2.95. The monoisotopic (exact) mass is 358 g/mol. The fourth-order valence-corrected chi connectivity index (χ4v) is 4.64. The second kappa shape index (κ2) is 7.23. The van der Waals surface area contributed by atoms with Gasteiger partial charge in [0.1, 0.15) is 11.6 Å². The van der Waals surface area contributed by atoms with Crippen LogP contribution in [0.4, 0.5) is 11.6 Å². The Labute approximate surface area is 148 Å². The molecule has 1 aliphatic heterocycles. The highest BCUT2D eigenvalue weighted by Crippen LogP contribution is 2.26. The molecule has 25 heavy (non-hydrogen) atoms. The molecule has 1 atom stereocenters. The van der Waals surface area contributed by atoms with Crippen LogP contribution >= 0.6 is 0 Å². The van der Waals surface area contributed by atoms with Crippen molar-refractivity contribution in [2.45, 2.75) is 12.5 Å². The van der Waals surface area contributed by atoms with E-state index < -0.39 is 9.84 Å². The van der Waals surface area contributed by atoms with Crippen molar-refractivity contribution in [3.05, 3.63) is 49.1 Å². The number of hydrogen-bond donors (Lipinski definition) is 1. The van der Waals surface area contributed by atoms with Crippen molar-refractivity contribution in [3.8, 4) is 11.4 Å². The van der Waals surface area contributed by atoms with Gasteiger partial charge in [0.2, 0.25) is 0 Å². The summed E-state index contributed by atoms with van der Waals surface area (Å²) in [5.41, 5.74) is 0.915. The minimum absolute atomic E-state index is 0.0595. The molecular weight excluding hydrogens is 336 g/mol. The largest absolute Gasteiger partial charge is 0.366 e. The van der Waals surface area contributed by atoms with Gasteiger partial charge < -0.3 is 10.2 Å². The average Bonchev–Trinajstić information content (AvgIpc) is 2.99. The quantitative estimate of drug-likeness (QED) is 0.799. The van der Waals surface area contributed by atoms with Gasteiger partial charge in [-0.15, -0.1) is 6.58 Å². The lowest BCUT2D eigenvalue weighted by Gasteiger charge is -2.25. The number of hydrogen-bond acceptors (Lipinski definition) is 6. The molecule has 0 bridgehead atoms. The first-order valence-electron chi connectivity index (χ1n) is 8.21. The van der Waals surface area contributed by atoms with Gasteiger partial charge in [0.15, 0.2) is 15.7 Å². The molecular formula is C18H22N4O2S. The van der Waals surface area contributed by atoms with Gasteiger partial charge in [-0.3, -0.25) is 0 Å². The fourth-order valence-electron chi connectivity index (χ4n) is 2.87. The highest BCUT2D eigenvalue weighted by Gasteiger charge is 2.31. The predicted molar refractivity (Wildman–Crippen MR) is 102 cm³/mol. The summed E-state index contributed by atoms with van der Waals surface area (Å²) in [4.78, 5) is 11.2. The molecule has 6 nitrogen and oxygen atoms in total. The second-order valence-electron chi connectivity index (χ2n) is 6.14. The zero-order valence-electron chi connectivity index (χ0n) is 14.2. The summed E-state index contributed by atoms with van der Waals surface area (Å²) in [6, 6.07) is 11.5. The Morgan fingerprint density at radius 3 is 2.72 bits per heavy atom. The summed E-state index contributed by atoms with van der Waals surface area (Å²) in [6.45, 7) is 4.30. The van der Waals surface area contributed by atoms with E-state index in [1.165, 1.54) is 0 Å². The van der Waals surface area contributed by atoms with Crippen LogP contribution < -0.4 is 10.2 Å². The van der Waals surface area contributed by atoms with Gasteiger partial charge in [-0.05, 0) is 6.42 Å². The van der Waals surface area contributed by atoms with Gasteiger partial charge in [0.05, 0.1) is 11.5 Å². The summed E-state index contributed by atoms with van der Waals surface area (Å²) < 4.78 is 23.6. The van der Waals surface area contributed by atoms with E-state index in [0.29, 0.717) is 30.4 Å². The molecule has 1 unspecified atom stereocenters. The summed E-state index contributed by atoms with van der Waals surface area (Å²) in [7, 11) is -1.06. The molecule has 0 amide bonds. The number of nitrogens with zero attached hydrogens (tertiary/aromatic N) is 3. The highest BCUT2D eigenvalue weighted by atomic mass is 32.2. The van der Waals surface area contributed by atoms with Crippen LogP contribution in [0, 0.1) is 0 Å². The first-order chi connectivity index (χ1) is 12.0. The molecule has 0 saturated carbocycles. The number of nitrogens with one attached hydrogen (secondary N) is 1. The molecule has 1 aromatic heterocycles. The molecule has 0 radical (unpaired) electrons. The lowest BCUT2D eigenvalue weighted by molar-refractivity contribution is 0.600. The normalized spacial score (nSPS) is 18.7. The highest BCUT2D eigenvalue weighted by molar-refractivity contribution is 7.91. The van der Waals surface area contributed by atoms with Crippen LogP contribution in [0.5, 0.6) is 0 Å². The van der Waals surface area contributed by atoms with Crippen molar-refractivity contribution in [1.82, 2.24) is 9.97 Å². The van der Waals surface area contributed by atoms with Crippen LogP contribution in [0.3, 0.4) is 0 Å². The molecule has 1 saturated heterocycles.